The predicted octanol–water partition coefficient (Wildman–Crippen LogP) is 2.21. The lowest BCUT2D eigenvalue weighted by Gasteiger charge is -2.46. The monoisotopic (exact) mass is 392 g/mol. The van der Waals surface area contributed by atoms with Crippen LogP contribution < -0.4 is 0 Å². The quantitative estimate of drug-likeness (QED) is 0.668. The number of hydrogen-bond acceptors (Lipinski definition) is 5. The third-order valence-electron chi connectivity index (χ3n) is 5.58. The highest BCUT2D eigenvalue weighted by atomic mass is 16.2. The first-order valence-corrected chi connectivity index (χ1v) is 9.62. The van der Waals surface area contributed by atoms with E-state index >= 15 is 0 Å². The second-order valence-corrected chi connectivity index (χ2v) is 8.02. The number of pyridine rings is 1. The molecule has 3 heterocycles. The van der Waals surface area contributed by atoms with Crippen molar-refractivity contribution in [2.45, 2.75) is 33.2 Å². The highest BCUT2D eigenvalue weighted by Gasteiger charge is 2.39. The number of piperazine rings is 1. The van der Waals surface area contributed by atoms with Crippen LogP contribution in [-0.2, 0) is 4.79 Å². The van der Waals surface area contributed by atoms with Crippen LogP contribution in [0.2, 0.25) is 0 Å². The van der Waals surface area contributed by atoms with E-state index in [2.05, 4.69) is 15.3 Å². The van der Waals surface area contributed by atoms with Crippen molar-refractivity contribution in [1.82, 2.24) is 29.8 Å². The van der Waals surface area contributed by atoms with Crippen molar-refractivity contribution < 1.29 is 9.59 Å². The van der Waals surface area contributed by atoms with Crippen molar-refractivity contribution in [2.75, 3.05) is 19.6 Å². The van der Waals surface area contributed by atoms with Crippen LogP contribution in [-0.4, -0.2) is 66.8 Å². The second kappa shape index (κ2) is 6.95. The van der Waals surface area contributed by atoms with Crippen LogP contribution in [0.3, 0.4) is 0 Å². The fraction of sp³-hybridized carbons (Fsp3) is 0.381. The van der Waals surface area contributed by atoms with Gasteiger partial charge >= 0.3 is 0 Å². The van der Waals surface area contributed by atoms with Gasteiger partial charge in [0.05, 0.1) is 16.9 Å². The standard InChI is InChI=1S/C21H24N6O2/c1-14-19(20(29)26-11-10-25(15(2)28)13-21(26,3)4)23-24-27(14)18-7-5-6-16-12-22-9-8-17(16)18/h5-9,12H,10-11,13H2,1-4H3. The van der Waals surface area contributed by atoms with Crippen LogP contribution in [0.25, 0.3) is 16.5 Å². The average molecular weight is 392 g/mol. The summed E-state index contributed by atoms with van der Waals surface area (Å²) in [5.41, 5.74) is 1.39. The number of benzene rings is 1. The van der Waals surface area contributed by atoms with Crippen LogP contribution >= 0.6 is 0 Å². The summed E-state index contributed by atoms with van der Waals surface area (Å²) in [6.45, 7) is 8.84. The van der Waals surface area contributed by atoms with E-state index in [1.807, 2.05) is 45.0 Å². The molecule has 0 unspecified atom stereocenters. The molecule has 0 saturated carbocycles. The molecule has 150 valence electrons. The molecule has 0 N–H and O–H groups in total. The number of hydrogen-bond donors (Lipinski definition) is 0. The average Bonchev–Trinajstić information content (AvgIpc) is 3.07. The van der Waals surface area contributed by atoms with Gasteiger partial charge in [0, 0.05) is 49.7 Å². The van der Waals surface area contributed by atoms with Gasteiger partial charge in [-0.3, -0.25) is 14.6 Å². The van der Waals surface area contributed by atoms with Crippen LogP contribution in [0.4, 0.5) is 0 Å². The number of carbonyl (C=O) groups is 2. The molecule has 0 aliphatic carbocycles. The summed E-state index contributed by atoms with van der Waals surface area (Å²) in [5, 5.41) is 10.5. The largest absolute Gasteiger partial charge is 0.339 e. The molecular formula is C21H24N6O2. The van der Waals surface area contributed by atoms with Gasteiger partial charge in [0.2, 0.25) is 5.91 Å². The minimum absolute atomic E-state index is 0.0257. The number of aromatic nitrogens is 4. The van der Waals surface area contributed by atoms with Crippen LogP contribution in [0.5, 0.6) is 0 Å². The Kier molecular flexibility index (Phi) is 4.56. The molecule has 1 aliphatic rings. The van der Waals surface area contributed by atoms with E-state index in [1.165, 1.54) is 0 Å². The zero-order valence-corrected chi connectivity index (χ0v) is 17.1. The Bertz CT molecular complexity index is 1100. The molecule has 1 saturated heterocycles. The zero-order valence-electron chi connectivity index (χ0n) is 17.1. The Balaban J connectivity index is 1.68. The Morgan fingerprint density at radius 3 is 2.66 bits per heavy atom. The van der Waals surface area contributed by atoms with Gasteiger partial charge in [0.1, 0.15) is 0 Å². The molecular weight excluding hydrogens is 368 g/mol. The molecule has 1 fully saturated rings. The Morgan fingerprint density at radius 1 is 1.14 bits per heavy atom. The van der Waals surface area contributed by atoms with Gasteiger partial charge < -0.3 is 9.80 Å². The maximum absolute atomic E-state index is 13.3. The first-order chi connectivity index (χ1) is 13.8. The van der Waals surface area contributed by atoms with E-state index in [0.717, 1.165) is 16.5 Å². The number of carbonyl (C=O) groups excluding carboxylic acids is 2. The second-order valence-electron chi connectivity index (χ2n) is 8.02. The van der Waals surface area contributed by atoms with Gasteiger partial charge in [0.25, 0.3) is 5.91 Å². The van der Waals surface area contributed by atoms with Crippen molar-refractivity contribution >= 4 is 22.6 Å². The van der Waals surface area contributed by atoms with Crippen LogP contribution in [0, 0.1) is 6.92 Å². The van der Waals surface area contributed by atoms with Gasteiger partial charge in [0.15, 0.2) is 5.69 Å². The third kappa shape index (κ3) is 3.24. The number of fused-ring (bicyclic) bond motifs is 1. The summed E-state index contributed by atoms with van der Waals surface area (Å²) in [6, 6.07) is 7.80. The fourth-order valence-corrected chi connectivity index (χ4v) is 3.97. The third-order valence-corrected chi connectivity index (χ3v) is 5.58. The molecule has 1 aromatic carbocycles. The number of rotatable bonds is 2. The minimum Gasteiger partial charge on any atom is -0.339 e. The van der Waals surface area contributed by atoms with Gasteiger partial charge in [-0.1, -0.05) is 17.3 Å². The number of nitrogens with zero attached hydrogens (tertiary/aromatic N) is 6. The molecule has 4 rings (SSSR count). The van der Waals surface area contributed by atoms with Crippen LogP contribution in [0.1, 0.15) is 37.0 Å². The van der Waals surface area contributed by atoms with Gasteiger partial charge in [-0.2, -0.15) is 0 Å². The molecule has 2 aromatic heterocycles. The van der Waals surface area contributed by atoms with E-state index in [-0.39, 0.29) is 11.8 Å². The van der Waals surface area contributed by atoms with Crippen molar-refractivity contribution in [2.24, 2.45) is 0 Å². The molecule has 8 heteroatoms. The Labute approximate surface area is 169 Å². The van der Waals surface area contributed by atoms with E-state index in [4.69, 9.17) is 0 Å². The molecule has 0 bridgehead atoms. The lowest BCUT2D eigenvalue weighted by Crippen LogP contribution is -2.61. The minimum atomic E-state index is -0.484. The van der Waals surface area contributed by atoms with E-state index in [0.29, 0.717) is 31.0 Å². The molecule has 0 atom stereocenters. The molecule has 8 nitrogen and oxygen atoms in total. The van der Waals surface area contributed by atoms with Crippen molar-refractivity contribution in [3.63, 3.8) is 0 Å². The smallest absolute Gasteiger partial charge is 0.276 e. The topological polar surface area (TPSA) is 84.2 Å². The first kappa shape index (κ1) is 19.0. The van der Waals surface area contributed by atoms with E-state index in [9.17, 15) is 9.59 Å². The Hall–Kier alpha value is -3.29. The van der Waals surface area contributed by atoms with Gasteiger partial charge in [-0.15, -0.1) is 5.10 Å². The maximum Gasteiger partial charge on any atom is 0.276 e. The molecule has 3 aromatic rings. The predicted molar refractivity (Wildman–Crippen MR) is 109 cm³/mol. The summed E-state index contributed by atoms with van der Waals surface area (Å²) >= 11 is 0. The molecule has 0 spiro atoms. The lowest BCUT2D eigenvalue weighted by molar-refractivity contribution is -0.133. The Morgan fingerprint density at radius 2 is 1.93 bits per heavy atom. The molecule has 0 radical (unpaired) electrons. The fourth-order valence-electron chi connectivity index (χ4n) is 3.97. The summed E-state index contributed by atoms with van der Waals surface area (Å²) in [7, 11) is 0. The molecule has 1 aliphatic heterocycles. The highest BCUT2D eigenvalue weighted by molar-refractivity contribution is 5.95. The SMILES string of the molecule is CC(=O)N1CCN(C(=O)c2nnn(-c3cccc4cnccc34)c2C)C(C)(C)C1. The maximum atomic E-state index is 13.3. The van der Waals surface area contributed by atoms with Crippen molar-refractivity contribution in [3.05, 3.63) is 48.0 Å². The van der Waals surface area contributed by atoms with Crippen molar-refractivity contribution in [1.29, 1.82) is 0 Å². The summed E-state index contributed by atoms with van der Waals surface area (Å²) < 4.78 is 1.70. The van der Waals surface area contributed by atoms with Crippen molar-refractivity contribution in [3.8, 4) is 5.69 Å². The first-order valence-electron chi connectivity index (χ1n) is 9.62. The van der Waals surface area contributed by atoms with E-state index in [1.54, 1.807) is 33.8 Å². The van der Waals surface area contributed by atoms with Crippen LogP contribution in [0.15, 0.2) is 36.7 Å². The lowest BCUT2D eigenvalue weighted by atomic mass is 9.98. The van der Waals surface area contributed by atoms with Gasteiger partial charge in [-0.05, 0) is 32.9 Å². The van der Waals surface area contributed by atoms with Gasteiger partial charge in [-0.25, -0.2) is 4.68 Å². The summed E-state index contributed by atoms with van der Waals surface area (Å²) in [6.07, 6.45) is 3.54. The number of amides is 2. The normalized spacial score (nSPS) is 16.3. The summed E-state index contributed by atoms with van der Waals surface area (Å²) in [5.74, 6) is -0.137. The highest BCUT2D eigenvalue weighted by Crippen LogP contribution is 2.26. The summed E-state index contributed by atoms with van der Waals surface area (Å²) in [4.78, 5) is 32.8. The van der Waals surface area contributed by atoms with E-state index < -0.39 is 5.54 Å². The zero-order chi connectivity index (χ0) is 20.8. The molecule has 29 heavy (non-hydrogen) atoms. The molecule has 2 amide bonds.